The molecule has 2 rings (SSSR count). The molecule has 0 bridgehead atoms. The molecule has 0 aliphatic rings. The maximum Gasteiger partial charge on any atom is 0.338 e. The van der Waals surface area contributed by atoms with Crippen LogP contribution in [0.1, 0.15) is 22.8 Å². The standard InChI is InChI=1S/C22H20O6/c1-16(2)21(24)26-14-15-27-22(25)18-9-11-19(12-10-18)28-20(23)13-8-17-6-4-3-5-7-17/h3-13H,1,14-15H2,2H3. The Labute approximate surface area is 163 Å². The maximum atomic E-state index is 11.9. The molecule has 0 unspecified atom stereocenters. The quantitative estimate of drug-likeness (QED) is 0.301. The molecule has 2 aromatic rings. The van der Waals surface area contributed by atoms with Gasteiger partial charge in [0.1, 0.15) is 19.0 Å². The van der Waals surface area contributed by atoms with Gasteiger partial charge in [0.15, 0.2) is 0 Å². The monoisotopic (exact) mass is 380 g/mol. The topological polar surface area (TPSA) is 78.9 Å². The third kappa shape index (κ3) is 6.92. The molecule has 0 radical (unpaired) electrons. The van der Waals surface area contributed by atoms with Gasteiger partial charge < -0.3 is 14.2 Å². The first-order valence-corrected chi connectivity index (χ1v) is 8.50. The van der Waals surface area contributed by atoms with Crippen LogP contribution in [0.2, 0.25) is 0 Å². The summed E-state index contributed by atoms with van der Waals surface area (Å²) >= 11 is 0. The van der Waals surface area contributed by atoms with Crippen molar-refractivity contribution in [3.8, 4) is 5.75 Å². The summed E-state index contributed by atoms with van der Waals surface area (Å²) in [5.41, 5.74) is 1.44. The molecule has 144 valence electrons. The third-order valence-corrected chi connectivity index (χ3v) is 3.42. The molecule has 0 saturated heterocycles. The summed E-state index contributed by atoms with van der Waals surface area (Å²) in [6.45, 7) is 4.85. The van der Waals surface area contributed by atoms with E-state index in [9.17, 15) is 14.4 Å². The highest BCUT2D eigenvalue weighted by molar-refractivity contribution is 5.90. The van der Waals surface area contributed by atoms with E-state index < -0.39 is 17.9 Å². The van der Waals surface area contributed by atoms with Crippen molar-refractivity contribution in [3.05, 3.63) is 84.0 Å². The van der Waals surface area contributed by atoms with E-state index in [-0.39, 0.29) is 24.4 Å². The largest absolute Gasteiger partial charge is 0.459 e. The molecule has 0 atom stereocenters. The first kappa shape index (κ1) is 20.6. The molecule has 6 nitrogen and oxygen atoms in total. The number of hydrogen-bond donors (Lipinski definition) is 0. The van der Waals surface area contributed by atoms with Crippen LogP contribution >= 0.6 is 0 Å². The van der Waals surface area contributed by atoms with Gasteiger partial charge in [-0.2, -0.15) is 0 Å². The third-order valence-electron chi connectivity index (χ3n) is 3.42. The van der Waals surface area contributed by atoms with Gasteiger partial charge in [0.05, 0.1) is 5.56 Å². The van der Waals surface area contributed by atoms with Crippen molar-refractivity contribution in [2.45, 2.75) is 6.92 Å². The summed E-state index contributed by atoms with van der Waals surface area (Å²) in [6, 6.07) is 15.3. The smallest absolute Gasteiger partial charge is 0.338 e. The second kappa shape index (κ2) is 10.5. The van der Waals surface area contributed by atoms with Crippen molar-refractivity contribution in [2.24, 2.45) is 0 Å². The molecule has 2 aromatic carbocycles. The maximum absolute atomic E-state index is 11.9. The average molecular weight is 380 g/mol. The molecule has 0 amide bonds. The minimum absolute atomic E-state index is 0.0547. The normalized spacial score (nSPS) is 10.3. The van der Waals surface area contributed by atoms with Crippen LogP contribution in [0.5, 0.6) is 5.75 Å². The zero-order valence-corrected chi connectivity index (χ0v) is 15.4. The number of hydrogen-bond acceptors (Lipinski definition) is 6. The van der Waals surface area contributed by atoms with E-state index in [4.69, 9.17) is 14.2 Å². The van der Waals surface area contributed by atoms with Gasteiger partial charge in [0, 0.05) is 11.6 Å². The minimum atomic E-state index is -0.576. The van der Waals surface area contributed by atoms with Crippen LogP contribution in [-0.2, 0) is 19.1 Å². The van der Waals surface area contributed by atoms with Crippen molar-refractivity contribution >= 4 is 24.0 Å². The summed E-state index contributed by atoms with van der Waals surface area (Å²) in [5.74, 6) is -1.34. The van der Waals surface area contributed by atoms with Gasteiger partial charge in [-0.1, -0.05) is 36.9 Å². The molecule has 0 N–H and O–H groups in total. The van der Waals surface area contributed by atoms with Crippen LogP contribution in [0.25, 0.3) is 6.08 Å². The first-order chi connectivity index (χ1) is 13.5. The fraction of sp³-hybridized carbons (Fsp3) is 0.136. The first-order valence-electron chi connectivity index (χ1n) is 8.50. The zero-order chi connectivity index (χ0) is 20.4. The van der Waals surface area contributed by atoms with E-state index in [1.807, 2.05) is 30.3 Å². The average Bonchev–Trinajstić information content (AvgIpc) is 2.70. The summed E-state index contributed by atoms with van der Waals surface area (Å²) in [5, 5.41) is 0. The fourth-order valence-corrected chi connectivity index (χ4v) is 2.01. The Bertz CT molecular complexity index is 866. The van der Waals surface area contributed by atoms with Gasteiger partial charge in [0.2, 0.25) is 0 Å². The highest BCUT2D eigenvalue weighted by Gasteiger charge is 2.09. The van der Waals surface area contributed by atoms with Crippen molar-refractivity contribution in [2.75, 3.05) is 13.2 Å². The van der Waals surface area contributed by atoms with Crippen molar-refractivity contribution in [3.63, 3.8) is 0 Å². The Balaban J connectivity index is 1.79. The Morgan fingerprint density at radius 3 is 2.21 bits per heavy atom. The van der Waals surface area contributed by atoms with E-state index in [2.05, 4.69) is 6.58 Å². The van der Waals surface area contributed by atoms with Crippen LogP contribution in [0.4, 0.5) is 0 Å². The van der Waals surface area contributed by atoms with Crippen molar-refractivity contribution < 1.29 is 28.6 Å². The Hall–Kier alpha value is -3.67. The summed E-state index contributed by atoms with van der Waals surface area (Å²) in [6.07, 6.45) is 2.97. The Morgan fingerprint density at radius 1 is 0.929 bits per heavy atom. The molecule has 0 spiro atoms. The van der Waals surface area contributed by atoms with Gasteiger partial charge >= 0.3 is 17.9 Å². The lowest BCUT2D eigenvalue weighted by atomic mass is 10.2. The van der Waals surface area contributed by atoms with Crippen molar-refractivity contribution in [1.82, 2.24) is 0 Å². The molecule has 6 heteroatoms. The van der Waals surface area contributed by atoms with Crippen LogP contribution in [-0.4, -0.2) is 31.1 Å². The second-order valence-corrected chi connectivity index (χ2v) is 5.74. The SMILES string of the molecule is C=C(C)C(=O)OCCOC(=O)c1ccc(OC(=O)C=Cc2ccccc2)cc1. The number of carbonyl (C=O) groups excluding carboxylic acids is 3. The van der Waals surface area contributed by atoms with Gasteiger partial charge in [-0.15, -0.1) is 0 Å². The predicted molar refractivity (Wildman–Crippen MR) is 104 cm³/mol. The highest BCUT2D eigenvalue weighted by atomic mass is 16.6. The zero-order valence-electron chi connectivity index (χ0n) is 15.4. The number of ether oxygens (including phenoxy) is 3. The summed E-state index contributed by atoms with van der Waals surface area (Å²) in [7, 11) is 0. The summed E-state index contributed by atoms with van der Waals surface area (Å²) < 4.78 is 15.0. The van der Waals surface area contributed by atoms with Gasteiger partial charge in [0.25, 0.3) is 0 Å². The van der Waals surface area contributed by atoms with E-state index >= 15 is 0 Å². The van der Waals surface area contributed by atoms with Gasteiger partial charge in [-0.3, -0.25) is 0 Å². The van der Waals surface area contributed by atoms with E-state index in [1.54, 1.807) is 6.08 Å². The molecule has 0 aromatic heterocycles. The fourth-order valence-electron chi connectivity index (χ4n) is 2.01. The molecule has 0 aliphatic carbocycles. The van der Waals surface area contributed by atoms with Crippen molar-refractivity contribution in [1.29, 1.82) is 0 Å². The number of rotatable bonds is 8. The van der Waals surface area contributed by atoms with E-state index in [0.717, 1.165) is 5.56 Å². The van der Waals surface area contributed by atoms with Crippen LogP contribution in [0.15, 0.2) is 72.8 Å². The van der Waals surface area contributed by atoms with Crippen LogP contribution in [0.3, 0.4) is 0 Å². The minimum Gasteiger partial charge on any atom is -0.459 e. The molecule has 0 aliphatic heterocycles. The van der Waals surface area contributed by atoms with Crippen LogP contribution < -0.4 is 4.74 Å². The molecule has 0 heterocycles. The number of benzene rings is 2. The highest BCUT2D eigenvalue weighted by Crippen LogP contribution is 2.14. The Kier molecular flexibility index (Phi) is 7.72. The predicted octanol–water partition coefficient (Wildman–Crippen LogP) is 3.58. The second-order valence-electron chi connectivity index (χ2n) is 5.74. The lowest BCUT2D eigenvalue weighted by Gasteiger charge is -2.07. The molecule has 0 fully saturated rings. The molecular formula is C22H20O6. The number of esters is 3. The Morgan fingerprint density at radius 2 is 1.57 bits per heavy atom. The lowest BCUT2D eigenvalue weighted by molar-refractivity contribution is -0.140. The lowest BCUT2D eigenvalue weighted by Crippen LogP contribution is -2.14. The van der Waals surface area contributed by atoms with E-state index in [0.29, 0.717) is 5.75 Å². The molecule has 0 saturated carbocycles. The van der Waals surface area contributed by atoms with Gasteiger partial charge in [-0.25, -0.2) is 14.4 Å². The molecular weight excluding hydrogens is 360 g/mol. The van der Waals surface area contributed by atoms with E-state index in [1.165, 1.54) is 37.3 Å². The number of carbonyl (C=O) groups is 3. The molecule has 28 heavy (non-hydrogen) atoms. The van der Waals surface area contributed by atoms with Gasteiger partial charge in [-0.05, 0) is 42.8 Å². The summed E-state index contributed by atoms with van der Waals surface area (Å²) in [4.78, 5) is 35.0. The van der Waals surface area contributed by atoms with Crippen LogP contribution in [0, 0.1) is 0 Å².